The van der Waals surface area contributed by atoms with Crippen molar-refractivity contribution in [2.75, 3.05) is 13.2 Å². The minimum absolute atomic E-state index is 0. The predicted molar refractivity (Wildman–Crippen MR) is 73.0 cm³/mol. The molecule has 1 saturated heterocycles. The maximum Gasteiger partial charge on any atom is 1.00 e. The van der Waals surface area contributed by atoms with Gasteiger partial charge in [0.2, 0.25) is 0 Å². The second-order valence-corrected chi connectivity index (χ2v) is 8.56. The zero-order valence-electron chi connectivity index (χ0n) is 13.6. The van der Waals surface area contributed by atoms with E-state index < -0.39 is 0 Å². The van der Waals surface area contributed by atoms with Crippen LogP contribution in [0.2, 0.25) is 0 Å². The topological polar surface area (TPSA) is 9.23 Å². The minimum atomic E-state index is -0.385. The van der Waals surface area contributed by atoms with Crippen LogP contribution in [-0.2, 0) is 28.0 Å². The minimum Gasteiger partial charge on any atom is -1.00 e. The molecule has 0 amide bonds. The molecule has 22 heavy (non-hydrogen) atoms. The molecule has 1 nitrogen and oxygen atoms in total. The molecule has 6 heteroatoms. The fourth-order valence-electron chi connectivity index (χ4n) is 2.22. The summed E-state index contributed by atoms with van der Waals surface area (Å²) in [6, 6.07) is 0. The number of halogens is 3. The molecule has 0 spiro atoms. The third kappa shape index (κ3) is 9.54. The normalized spacial score (nSPS) is 17.5. The van der Waals surface area contributed by atoms with Gasteiger partial charge in [-0.3, -0.25) is 0 Å². The Kier molecular flexibility index (Phi) is 20.1. The molecule has 0 bridgehead atoms. The summed E-state index contributed by atoms with van der Waals surface area (Å²) in [7, 11) is 0. The molecule has 0 aromatic rings. The van der Waals surface area contributed by atoms with Gasteiger partial charge >= 0.3 is 111 Å². The molecule has 0 N–H and O–H groups in total. The molecule has 0 aromatic heterocycles. The van der Waals surface area contributed by atoms with Crippen LogP contribution in [0.3, 0.4) is 0 Å². The number of ether oxygens (including phenoxy) is 1. The summed E-state index contributed by atoms with van der Waals surface area (Å²) in [5.41, 5.74) is 3.11. The smallest absolute Gasteiger partial charge is 1.00 e. The monoisotopic (exact) mass is 432 g/mol. The van der Waals surface area contributed by atoms with Crippen LogP contribution >= 0.6 is 0 Å². The molecule has 1 fully saturated rings. The molecule has 0 saturated carbocycles. The average Bonchev–Trinajstić information content (AvgIpc) is 3.06. The van der Waals surface area contributed by atoms with Crippen molar-refractivity contribution < 1.29 is 84.1 Å². The second kappa shape index (κ2) is 15.8. The summed E-state index contributed by atoms with van der Waals surface area (Å²) in [6.07, 6.45) is 14.2. The Morgan fingerprint density at radius 2 is 1.23 bits per heavy atom. The van der Waals surface area contributed by atoms with Crippen LogP contribution in [0.15, 0.2) is 42.0 Å². The summed E-state index contributed by atoms with van der Waals surface area (Å²) in [4.78, 5) is 0. The van der Waals surface area contributed by atoms with Gasteiger partial charge < -0.3 is 42.0 Å². The SMILES string of the molecule is C1CCOC1.CC1=[C]([Zr+2][C]2=C(C)C=CC2)CC=C1.[Cl-].[Cl-].[Cl-].[Li+]. The van der Waals surface area contributed by atoms with E-state index in [1.165, 1.54) is 25.7 Å². The molecule has 0 atom stereocenters. The van der Waals surface area contributed by atoms with Crippen molar-refractivity contribution >= 4 is 0 Å². The van der Waals surface area contributed by atoms with Crippen LogP contribution in [0.5, 0.6) is 0 Å². The maximum atomic E-state index is 4.94. The van der Waals surface area contributed by atoms with Crippen LogP contribution in [0.25, 0.3) is 0 Å². The van der Waals surface area contributed by atoms with E-state index in [2.05, 4.69) is 38.2 Å². The molecule has 0 aromatic carbocycles. The Labute approximate surface area is 177 Å². The summed E-state index contributed by atoms with van der Waals surface area (Å²) in [5, 5.41) is 0. The van der Waals surface area contributed by atoms with E-state index >= 15 is 0 Å². The fraction of sp³-hybridized carbons (Fsp3) is 0.500. The molecule has 3 aliphatic rings. The van der Waals surface area contributed by atoms with Crippen molar-refractivity contribution in [1.82, 2.24) is 0 Å². The van der Waals surface area contributed by atoms with Gasteiger partial charge in [-0.1, -0.05) is 0 Å². The Bertz CT molecular complexity index is 385. The maximum absolute atomic E-state index is 4.94. The van der Waals surface area contributed by atoms with Crippen molar-refractivity contribution in [3.05, 3.63) is 42.0 Å². The summed E-state index contributed by atoms with van der Waals surface area (Å²) in [6.45, 7) is 6.52. The van der Waals surface area contributed by atoms with E-state index in [-0.39, 0.29) is 79.3 Å². The Morgan fingerprint density at radius 3 is 1.45 bits per heavy atom. The van der Waals surface area contributed by atoms with Gasteiger partial charge in [0.15, 0.2) is 0 Å². The van der Waals surface area contributed by atoms with E-state index in [1.54, 1.807) is 17.7 Å². The third-order valence-corrected chi connectivity index (χ3v) is 7.89. The summed E-state index contributed by atoms with van der Waals surface area (Å²) >= 11 is -0.385. The zero-order valence-corrected chi connectivity index (χ0v) is 18.3. The Morgan fingerprint density at radius 1 is 0.818 bits per heavy atom. The first kappa shape index (κ1) is 28.1. The van der Waals surface area contributed by atoms with Gasteiger partial charge in [0, 0.05) is 13.2 Å². The van der Waals surface area contributed by atoms with Gasteiger partial charge in [-0.15, -0.1) is 0 Å². The van der Waals surface area contributed by atoms with Crippen molar-refractivity contribution in [1.29, 1.82) is 0 Å². The van der Waals surface area contributed by atoms with E-state index in [0.29, 0.717) is 0 Å². The molecular formula is C16H22Cl3LiOZr. The molecule has 3 rings (SSSR count). The van der Waals surface area contributed by atoms with Crippen molar-refractivity contribution in [3.8, 4) is 0 Å². The first-order valence-corrected chi connectivity index (χ1v) is 9.30. The molecule has 1 aliphatic heterocycles. The second-order valence-electron chi connectivity index (χ2n) is 4.98. The average molecular weight is 435 g/mol. The van der Waals surface area contributed by atoms with E-state index in [0.717, 1.165) is 13.2 Å². The van der Waals surface area contributed by atoms with Crippen LogP contribution in [0.1, 0.15) is 39.5 Å². The first-order valence-electron chi connectivity index (χ1n) is 6.84. The number of rotatable bonds is 2. The van der Waals surface area contributed by atoms with Gasteiger partial charge in [0.05, 0.1) is 0 Å². The van der Waals surface area contributed by atoms with Gasteiger partial charge in [-0.05, 0) is 12.8 Å². The summed E-state index contributed by atoms with van der Waals surface area (Å²) < 4.78 is 8.50. The van der Waals surface area contributed by atoms with Gasteiger partial charge in [-0.2, -0.15) is 0 Å². The van der Waals surface area contributed by atoms with E-state index in [1.807, 2.05) is 0 Å². The largest absolute Gasteiger partial charge is 1.00 e. The van der Waals surface area contributed by atoms with Crippen LogP contribution in [0, 0.1) is 0 Å². The predicted octanol–water partition coefficient (Wildman–Crippen LogP) is -7.65. The van der Waals surface area contributed by atoms with Gasteiger partial charge in [0.1, 0.15) is 0 Å². The number of hydrogen-bond acceptors (Lipinski definition) is 1. The quantitative estimate of drug-likeness (QED) is 0.392. The molecule has 118 valence electrons. The molecular weight excluding hydrogens is 413 g/mol. The summed E-state index contributed by atoms with van der Waals surface area (Å²) in [5.74, 6) is 0. The first-order chi connectivity index (χ1) is 8.77. The Hall–Kier alpha value is 1.27. The number of allylic oxidation sites excluding steroid dienone is 8. The van der Waals surface area contributed by atoms with Gasteiger partial charge in [-0.25, -0.2) is 0 Å². The third-order valence-electron chi connectivity index (χ3n) is 3.46. The van der Waals surface area contributed by atoms with Crippen molar-refractivity contribution in [2.24, 2.45) is 0 Å². The molecule has 1 heterocycles. The Balaban J connectivity index is -0.000000351. The van der Waals surface area contributed by atoms with Crippen LogP contribution < -0.4 is 56.1 Å². The fourth-order valence-corrected chi connectivity index (χ4v) is 5.58. The van der Waals surface area contributed by atoms with E-state index in [4.69, 9.17) is 4.74 Å². The molecule has 0 radical (unpaired) electrons. The van der Waals surface area contributed by atoms with Crippen LogP contribution in [-0.4, -0.2) is 13.2 Å². The molecule has 0 unspecified atom stereocenters. The number of hydrogen-bond donors (Lipinski definition) is 0. The van der Waals surface area contributed by atoms with Crippen molar-refractivity contribution in [2.45, 2.75) is 39.5 Å². The van der Waals surface area contributed by atoms with Crippen LogP contribution in [0.4, 0.5) is 0 Å². The zero-order chi connectivity index (χ0) is 12.8. The van der Waals surface area contributed by atoms with Crippen molar-refractivity contribution in [3.63, 3.8) is 0 Å². The molecule has 2 aliphatic carbocycles. The van der Waals surface area contributed by atoms with Gasteiger partial charge in [0.25, 0.3) is 0 Å². The standard InChI is InChI=1S/2C6H7.C4H8O.3ClH.Li.Zr/c2*1-6-4-2-3-5-6;1-2-4-5-3-1;;;;;/h2*2,4H,3H2,1H3;1-4H2;3*1H;;/q;;;;;;+1;+2/p-3. The van der Waals surface area contributed by atoms with E-state index in [9.17, 15) is 0 Å².